The lowest BCUT2D eigenvalue weighted by Gasteiger charge is -2.15. The molecule has 0 saturated carbocycles. The van der Waals surface area contributed by atoms with Crippen molar-refractivity contribution in [3.63, 3.8) is 0 Å². The molecule has 0 aliphatic carbocycles. The number of carbonyl (C=O) groups excluding carboxylic acids is 1. The number of nitrogens with zero attached hydrogens (tertiary/aromatic N) is 2. The summed E-state index contributed by atoms with van der Waals surface area (Å²) in [7, 11) is 0. The Morgan fingerprint density at radius 3 is 2.92 bits per heavy atom. The second kappa shape index (κ2) is 7.43. The van der Waals surface area contributed by atoms with E-state index in [0.717, 1.165) is 24.6 Å². The summed E-state index contributed by atoms with van der Waals surface area (Å²) in [6.07, 6.45) is 0.512. The predicted octanol–water partition coefficient (Wildman–Crippen LogP) is 2.52. The van der Waals surface area contributed by atoms with Crippen LogP contribution in [-0.2, 0) is 6.54 Å². The van der Waals surface area contributed by atoms with Crippen LogP contribution in [0.1, 0.15) is 27.9 Å². The molecule has 1 saturated heterocycles. The molecule has 0 bridgehead atoms. The topological polar surface area (TPSA) is 76.4 Å². The third kappa shape index (κ3) is 4.21. The molecule has 2 N–H and O–H groups in total. The molecule has 0 spiro atoms. The minimum Gasteiger partial charge on any atom is -0.392 e. The van der Waals surface area contributed by atoms with Gasteiger partial charge in [0.05, 0.1) is 11.7 Å². The van der Waals surface area contributed by atoms with Crippen LogP contribution in [0.25, 0.3) is 0 Å². The number of rotatable bonds is 4. The minimum atomic E-state index is -0.645. The molecular weight excluding hydrogens is 321 g/mol. The lowest BCUT2D eigenvalue weighted by Crippen LogP contribution is -2.21. The van der Waals surface area contributed by atoms with Crippen molar-refractivity contribution in [2.45, 2.75) is 19.1 Å². The zero-order chi connectivity index (χ0) is 17.8. The smallest absolute Gasteiger partial charge is 0.255 e. The number of nitriles is 1. The fraction of sp³-hybridized carbons (Fsp3) is 0.263. The first-order valence-electron chi connectivity index (χ1n) is 8.05. The van der Waals surface area contributed by atoms with Gasteiger partial charge in [-0.2, -0.15) is 5.26 Å². The largest absolute Gasteiger partial charge is 0.392 e. The van der Waals surface area contributed by atoms with E-state index < -0.39 is 11.7 Å². The summed E-state index contributed by atoms with van der Waals surface area (Å²) < 4.78 is 13.4. The highest BCUT2D eigenvalue weighted by molar-refractivity contribution is 6.04. The molecule has 5 nitrogen and oxygen atoms in total. The van der Waals surface area contributed by atoms with Crippen molar-refractivity contribution in [1.29, 1.82) is 5.26 Å². The van der Waals surface area contributed by atoms with Crippen LogP contribution < -0.4 is 5.32 Å². The third-order valence-electron chi connectivity index (χ3n) is 4.19. The Bertz CT molecular complexity index is 832. The monoisotopic (exact) mass is 339 g/mol. The average molecular weight is 339 g/mol. The van der Waals surface area contributed by atoms with E-state index in [9.17, 15) is 14.3 Å². The molecule has 2 aromatic carbocycles. The standard InChI is InChI=1S/C19H18FN3O2/c20-18-5-4-14(9-15(18)10-21)19(25)22-16-3-1-2-13(8-16)11-23-7-6-17(24)12-23/h1-5,8-9,17,24H,6-7,11-12H2,(H,22,25). The first kappa shape index (κ1) is 17.1. The molecule has 3 rings (SSSR count). The molecule has 0 aromatic heterocycles. The molecule has 1 amide bonds. The van der Waals surface area contributed by atoms with Crippen molar-refractivity contribution in [1.82, 2.24) is 4.90 Å². The van der Waals surface area contributed by atoms with Gasteiger partial charge in [0, 0.05) is 30.9 Å². The number of carbonyl (C=O) groups is 1. The van der Waals surface area contributed by atoms with E-state index in [1.807, 2.05) is 18.2 Å². The summed E-state index contributed by atoms with van der Waals surface area (Å²) in [6.45, 7) is 2.21. The molecule has 1 aliphatic heterocycles. The van der Waals surface area contributed by atoms with Gasteiger partial charge in [-0.1, -0.05) is 12.1 Å². The number of amides is 1. The van der Waals surface area contributed by atoms with Crippen molar-refractivity contribution in [2.24, 2.45) is 0 Å². The van der Waals surface area contributed by atoms with Gasteiger partial charge in [-0.15, -0.1) is 0 Å². The van der Waals surface area contributed by atoms with Gasteiger partial charge in [0.1, 0.15) is 11.9 Å². The normalized spacial score (nSPS) is 17.2. The lowest BCUT2D eigenvalue weighted by atomic mass is 10.1. The van der Waals surface area contributed by atoms with Crippen molar-refractivity contribution in [3.8, 4) is 6.07 Å². The Morgan fingerprint density at radius 1 is 1.36 bits per heavy atom. The Morgan fingerprint density at radius 2 is 2.20 bits per heavy atom. The van der Waals surface area contributed by atoms with Crippen molar-refractivity contribution in [3.05, 3.63) is 65.0 Å². The number of nitrogens with one attached hydrogen (secondary N) is 1. The SMILES string of the molecule is N#Cc1cc(C(=O)Nc2cccc(CN3CCC(O)C3)c2)ccc1F. The van der Waals surface area contributed by atoms with Gasteiger partial charge in [0.15, 0.2) is 0 Å². The zero-order valence-corrected chi connectivity index (χ0v) is 13.6. The number of anilines is 1. The van der Waals surface area contributed by atoms with E-state index in [-0.39, 0.29) is 17.2 Å². The van der Waals surface area contributed by atoms with Crippen LogP contribution in [0.15, 0.2) is 42.5 Å². The Hall–Kier alpha value is -2.75. The van der Waals surface area contributed by atoms with Gasteiger partial charge in [-0.05, 0) is 42.3 Å². The fourth-order valence-electron chi connectivity index (χ4n) is 2.92. The Labute approximate surface area is 145 Å². The van der Waals surface area contributed by atoms with Crippen LogP contribution in [0, 0.1) is 17.1 Å². The maximum Gasteiger partial charge on any atom is 0.255 e. The zero-order valence-electron chi connectivity index (χ0n) is 13.6. The molecule has 1 atom stereocenters. The Kier molecular flexibility index (Phi) is 5.08. The van der Waals surface area contributed by atoms with Gasteiger partial charge < -0.3 is 10.4 Å². The van der Waals surface area contributed by atoms with Gasteiger partial charge in [0.25, 0.3) is 5.91 Å². The van der Waals surface area contributed by atoms with Crippen molar-refractivity contribution in [2.75, 3.05) is 18.4 Å². The molecule has 1 unspecified atom stereocenters. The van der Waals surface area contributed by atoms with Crippen LogP contribution in [0.3, 0.4) is 0 Å². The molecule has 1 fully saturated rings. The summed E-state index contributed by atoms with van der Waals surface area (Å²) in [4.78, 5) is 14.5. The van der Waals surface area contributed by atoms with E-state index in [2.05, 4.69) is 10.2 Å². The number of hydrogen-bond acceptors (Lipinski definition) is 4. The molecule has 2 aromatic rings. The highest BCUT2D eigenvalue weighted by Gasteiger charge is 2.20. The van der Waals surface area contributed by atoms with E-state index >= 15 is 0 Å². The first-order valence-corrected chi connectivity index (χ1v) is 8.05. The number of β-amino-alcohol motifs (C(OH)–C–C–N with tert-alkyl or cyclic N) is 1. The molecule has 0 radical (unpaired) electrons. The summed E-state index contributed by atoms with van der Waals surface area (Å²) >= 11 is 0. The summed E-state index contributed by atoms with van der Waals surface area (Å²) in [5.41, 5.74) is 1.73. The van der Waals surface area contributed by atoms with Gasteiger partial charge in [0.2, 0.25) is 0 Å². The highest BCUT2D eigenvalue weighted by atomic mass is 19.1. The van der Waals surface area contributed by atoms with Crippen LogP contribution in [0.5, 0.6) is 0 Å². The quantitative estimate of drug-likeness (QED) is 0.897. The van der Waals surface area contributed by atoms with Crippen LogP contribution in [0.4, 0.5) is 10.1 Å². The molecule has 1 aliphatic rings. The second-order valence-electron chi connectivity index (χ2n) is 6.14. The van der Waals surface area contributed by atoms with Crippen LogP contribution in [-0.4, -0.2) is 35.1 Å². The average Bonchev–Trinajstić information content (AvgIpc) is 3.00. The maximum atomic E-state index is 13.4. The summed E-state index contributed by atoms with van der Waals surface area (Å²) in [6, 6.07) is 12.9. The Balaban J connectivity index is 1.69. The van der Waals surface area contributed by atoms with Crippen molar-refractivity contribution >= 4 is 11.6 Å². The molecule has 6 heteroatoms. The molecule has 25 heavy (non-hydrogen) atoms. The fourth-order valence-corrected chi connectivity index (χ4v) is 2.92. The number of hydrogen-bond donors (Lipinski definition) is 2. The number of aliphatic hydroxyl groups is 1. The van der Waals surface area contributed by atoms with Crippen molar-refractivity contribution < 1.29 is 14.3 Å². The van der Waals surface area contributed by atoms with E-state index in [1.165, 1.54) is 12.1 Å². The third-order valence-corrected chi connectivity index (χ3v) is 4.19. The highest BCUT2D eigenvalue weighted by Crippen LogP contribution is 2.18. The van der Waals surface area contributed by atoms with E-state index in [4.69, 9.17) is 5.26 Å². The van der Waals surface area contributed by atoms with E-state index in [0.29, 0.717) is 18.8 Å². The van der Waals surface area contributed by atoms with E-state index in [1.54, 1.807) is 12.1 Å². The number of likely N-dealkylation sites (tertiary alicyclic amines) is 1. The van der Waals surface area contributed by atoms with Crippen LogP contribution >= 0.6 is 0 Å². The summed E-state index contributed by atoms with van der Waals surface area (Å²) in [5.74, 6) is -1.04. The number of halogens is 1. The lowest BCUT2D eigenvalue weighted by molar-refractivity contribution is 0.102. The number of aliphatic hydroxyl groups excluding tert-OH is 1. The number of benzene rings is 2. The van der Waals surface area contributed by atoms with Gasteiger partial charge >= 0.3 is 0 Å². The molecular formula is C19H18FN3O2. The second-order valence-corrected chi connectivity index (χ2v) is 6.14. The molecule has 128 valence electrons. The maximum absolute atomic E-state index is 13.4. The van der Waals surface area contributed by atoms with Gasteiger partial charge in [-0.3, -0.25) is 9.69 Å². The minimum absolute atomic E-state index is 0.158. The van der Waals surface area contributed by atoms with Gasteiger partial charge in [-0.25, -0.2) is 4.39 Å². The molecule has 1 heterocycles. The predicted molar refractivity (Wildman–Crippen MR) is 91.4 cm³/mol. The van der Waals surface area contributed by atoms with Crippen LogP contribution in [0.2, 0.25) is 0 Å². The summed E-state index contributed by atoms with van der Waals surface area (Å²) in [5, 5.41) is 21.2. The first-order chi connectivity index (χ1) is 12.0.